The topological polar surface area (TPSA) is 55.8 Å². The van der Waals surface area contributed by atoms with Crippen LogP contribution in [-0.4, -0.2) is 18.2 Å². The summed E-state index contributed by atoms with van der Waals surface area (Å²) in [5, 5.41) is 9.00. The van der Waals surface area contributed by atoms with Crippen molar-refractivity contribution >= 4 is 21.9 Å². The number of benzene rings is 2. The third-order valence-electron chi connectivity index (χ3n) is 2.75. The molecule has 2 aromatic rings. The number of ether oxygens (including phenoxy) is 2. The molecule has 0 aromatic heterocycles. The summed E-state index contributed by atoms with van der Waals surface area (Å²) in [6, 6.07) is 12.2. The molecule has 2 aromatic carbocycles. The summed E-state index contributed by atoms with van der Waals surface area (Å²) in [5.41, 5.74) is 1.13. The van der Waals surface area contributed by atoms with Gasteiger partial charge in [-0.3, -0.25) is 0 Å². The Hall–Kier alpha value is -2.01. The summed E-state index contributed by atoms with van der Waals surface area (Å²) in [7, 11) is 1.51. The summed E-state index contributed by atoms with van der Waals surface area (Å²) in [4.78, 5) is 11.0. The molecule has 0 amide bonds. The Bertz CT molecular complexity index is 625. The summed E-state index contributed by atoms with van der Waals surface area (Å²) in [5.74, 6) is -0.0939. The lowest BCUT2D eigenvalue weighted by molar-refractivity contribution is 0.0696. The molecule has 4 nitrogen and oxygen atoms in total. The fourth-order valence-corrected chi connectivity index (χ4v) is 2.09. The molecule has 0 radical (unpaired) electrons. The molecule has 104 valence electrons. The number of carboxylic acids is 1. The van der Waals surface area contributed by atoms with Crippen LogP contribution in [0, 0.1) is 0 Å². The average Bonchev–Trinajstić information content (AvgIpc) is 2.46. The maximum atomic E-state index is 11.0. The van der Waals surface area contributed by atoms with Crippen LogP contribution in [0.15, 0.2) is 46.9 Å². The van der Waals surface area contributed by atoms with Crippen molar-refractivity contribution in [3.63, 3.8) is 0 Å². The monoisotopic (exact) mass is 336 g/mol. The van der Waals surface area contributed by atoms with Crippen molar-refractivity contribution in [3.05, 3.63) is 58.1 Å². The lowest BCUT2D eigenvalue weighted by atomic mass is 10.2. The normalized spacial score (nSPS) is 10.1. The van der Waals surface area contributed by atoms with Gasteiger partial charge in [0.15, 0.2) is 11.5 Å². The molecular formula is C15H13BrO4. The van der Waals surface area contributed by atoms with E-state index < -0.39 is 5.97 Å². The van der Waals surface area contributed by atoms with Gasteiger partial charge in [-0.2, -0.15) is 0 Å². The second-order valence-electron chi connectivity index (χ2n) is 4.05. The summed E-state index contributed by atoms with van der Waals surface area (Å²) < 4.78 is 11.8. The number of aromatic carboxylic acids is 1. The first-order chi connectivity index (χ1) is 9.61. The first-order valence-electron chi connectivity index (χ1n) is 5.89. The Morgan fingerprint density at radius 1 is 1.20 bits per heavy atom. The molecule has 0 saturated carbocycles. The van der Waals surface area contributed by atoms with E-state index in [1.807, 2.05) is 24.3 Å². The number of hydrogen-bond donors (Lipinski definition) is 1. The Labute approximate surface area is 125 Å². The lowest BCUT2D eigenvalue weighted by Gasteiger charge is -2.12. The maximum absolute atomic E-state index is 11.0. The van der Waals surface area contributed by atoms with E-state index in [0.29, 0.717) is 18.1 Å². The highest BCUT2D eigenvalue weighted by Gasteiger charge is 2.10. The van der Waals surface area contributed by atoms with E-state index in [9.17, 15) is 4.79 Å². The zero-order valence-corrected chi connectivity index (χ0v) is 12.4. The average molecular weight is 337 g/mol. The van der Waals surface area contributed by atoms with Crippen LogP contribution in [0.3, 0.4) is 0 Å². The third kappa shape index (κ3) is 3.30. The first kappa shape index (κ1) is 14.4. The number of hydrogen-bond acceptors (Lipinski definition) is 3. The highest BCUT2D eigenvalue weighted by molar-refractivity contribution is 9.10. The number of carbonyl (C=O) groups is 1. The SMILES string of the molecule is COc1ccc(C(=O)O)cc1OCc1ccccc1Br. The lowest BCUT2D eigenvalue weighted by Crippen LogP contribution is -2.01. The summed E-state index contributed by atoms with van der Waals surface area (Å²) in [6.07, 6.45) is 0. The van der Waals surface area contributed by atoms with E-state index in [1.165, 1.54) is 19.2 Å². The van der Waals surface area contributed by atoms with Crippen LogP contribution in [0.25, 0.3) is 0 Å². The molecule has 0 heterocycles. The fourth-order valence-electron chi connectivity index (χ4n) is 1.69. The molecule has 0 spiro atoms. The second-order valence-corrected chi connectivity index (χ2v) is 4.91. The number of methoxy groups -OCH3 is 1. The van der Waals surface area contributed by atoms with Gasteiger partial charge >= 0.3 is 5.97 Å². The zero-order valence-electron chi connectivity index (χ0n) is 10.8. The molecule has 0 fully saturated rings. The van der Waals surface area contributed by atoms with Gasteiger partial charge in [0, 0.05) is 10.0 Å². The van der Waals surface area contributed by atoms with Crippen LogP contribution in [-0.2, 0) is 6.61 Å². The molecular weight excluding hydrogens is 324 g/mol. The van der Waals surface area contributed by atoms with E-state index >= 15 is 0 Å². The standard InChI is InChI=1S/C15H13BrO4/c1-19-13-7-6-10(15(17)18)8-14(13)20-9-11-4-2-3-5-12(11)16/h2-8H,9H2,1H3,(H,17,18). The van der Waals surface area contributed by atoms with E-state index in [4.69, 9.17) is 14.6 Å². The molecule has 0 aliphatic carbocycles. The molecule has 20 heavy (non-hydrogen) atoms. The minimum Gasteiger partial charge on any atom is -0.493 e. The molecule has 0 unspecified atom stereocenters. The van der Waals surface area contributed by atoms with E-state index in [2.05, 4.69) is 15.9 Å². The van der Waals surface area contributed by atoms with Crippen LogP contribution in [0.4, 0.5) is 0 Å². The third-order valence-corrected chi connectivity index (χ3v) is 3.53. The Kier molecular flexibility index (Phi) is 4.63. The number of carboxylic acid groups (broad SMARTS) is 1. The zero-order chi connectivity index (χ0) is 14.5. The molecule has 5 heteroatoms. The fraction of sp³-hybridized carbons (Fsp3) is 0.133. The van der Waals surface area contributed by atoms with Gasteiger partial charge in [0.25, 0.3) is 0 Å². The van der Waals surface area contributed by atoms with Crippen LogP contribution < -0.4 is 9.47 Å². The van der Waals surface area contributed by atoms with Crippen LogP contribution >= 0.6 is 15.9 Å². The van der Waals surface area contributed by atoms with Crippen molar-refractivity contribution in [2.45, 2.75) is 6.61 Å². The molecule has 0 atom stereocenters. The Balaban J connectivity index is 2.22. The van der Waals surface area contributed by atoms with Gasteiger partial charge in [-0.25, -0.2) is 4.79 Å². The Morgan fingerprint density at radius 3 is 2.60 bits per heavy atom. The van der Waals surface area contributed by atoms with Crippen molar-refractivity contribution in [2.75, 3.05) is 7.11 Å². The van der Waals surface area contributed by atoms with E-state index in [0.717, 1.165) is 10.0 Å². The minimum atomic E-state index is -1.00. The number of rotatable bonds is 5. The van der Waals surface area contributed by atoms with Gasteiger partial charge < -0.3 is 14.6 Å². The first-order valence-corrected chi connectivity index (χ1v) is 6.68. The predicted octanol–water partition coefficient (Wildman–Crippen LogP) is 3.73. The van der Waals surface area contributed by atoms with Gasteiger partial charge in [-0.05, 0) is 24.3 Å². The van der Waals surface area contributed by atoms with Gasteiger partial charge in [0.1, 0.15) is 6.61 Å². The maximum Gasteiger partial charge on any atom is 0.335 e. The van der Waals surface area contributed by atoms with Crippen LogP contribution in [0.1, 0.15) is 15.9 Å². The van der Waals surface area contributed by atoms with Gasteiger partial charge in [-0.15, -0.1) is 0 Å². The second kappa shape index (κ2) is 6.43. The van der Waals surface area contributed by atoms with E-state index in [-0.39, 0.29) is 5.56 Å². The van der Waals surface area contributed by atoms with Crippen LogP contribution in [0.2, 0.25) is 0 Å². The van der Waals surface area contributed by atoms with Gasteiger partial charge in [0.05, 0.1) is 12.7 Å². The highest BCUT2D eigenvalue weighted by atomic mass is 79.9. The highest BCUT2D eigenvalue weighted by Crippen LogP contribution is 2.29. The van der Waals surface area contributed by atoms with Crippen LogP contribution in [0.5, 0.6) is 11.5 Å². The summed E-state index contributed by atoms with van der Waals surface area (Å²) >= 11 is 3.44. The number of halogens is 1. The molecule has 0 saturated heterocycles. The molecule has 0 aliphatic heterocycles. The summed E-state index contributed by atoms with van der Waals surface area (Å²) in [6.45, 7) is 0.320. The molecule has 0 bridgehead atoms. The van der Waals surface area contributed by atoms with Gasteiger partial charge in [0.2, 0.25) is 0 Å². The molecule has 1 N–H and O–H groups in total. The largest absolute Gasteiger partial charge is 0.493 e. The minimum absolute atomic E-state index is 0.160. The van der Waals surface area contributed by atoms with Crippen molar-refractivity contribution in [1.82, 2.24) is 0 Å². The van der Waals surface area contributed by atoms with Gasteiger partial charge in [-0.1, -0.05) is 34.1 Å². The van der Waals surface area contributed by atoms with Crippen molar-refractivity contribution in [3.8, 4) is 11.5 Å². The Morgan fingerprint density at radius 2 is 1.95 bits per heavy atom. The van der Waals surface area contributed by atoms with E-state index in [1.54, 1.807) is 6.07 Å². The van der Waals surface area contributed by atoms with Crippen molar-refractivity contribution in [2.24, 2.45) is 0 Å². The quantitative estimate of drug-likeness (QED) is 0.903. The predicted molar refractivity (Wildman–Crippen MR) is 78.4 cm³/mol. The molecule has 0 aliphatic rings. The van der Waals surface area contributed by atoms with Crippen molar-refractivity contribution < 1.29 is 19.4 Å². The smallest absolute Gasteiger partial charge is 0.335 e. The van der Waals surface area contributed by atoms with Crippen molar-refractivity contribution in [1.29, 1.82) is 0 Å². The molecule has 2 rings (SSSR count).